The van der Waals surface area contributed by atoms with E-state index in [0.29, 0.717) is 13.0 Å². The second-order valence-electron chi connectivity index (χ2n) is 4.71. The van der Waals surface area contributed by atoms with Crippen LogP contribution in [0.2, 0.25) is 0 Å². The Balaban J connectivity index is 4.61. The van der Waals surface area contributed by atoms with Crippen molar-refractivity contribution >= 4 is 17.9 Å². The highest BCUT2D eigenvalue weighted by atomic mass is 16.4. The highest BCUT2D eigenvalue weighted by Crippen LogP contribution is 2.04. The third kappa shape index (κ3) is 6.93. The zero-order valence-corrected chi connectivity index (χ0v) is 11.8. The number of nitrogens with two attached hydrogens (primary N) is 1. The maximum atomic E-state index is 12.0. The Morgan fingerprint density at radius 3 is 2.30 bits per heavy atom. The fraction of sp³-hybridized carbons (Fsp3) is 0.750. The van der Waals surface area contributed by atoms with Gasteiger partial charge in [-0.25, -0.2) is 9.59 Å². The third-order valence-electron chi connectivity index (χ3n) is 2.72. The van der Waals surface area contributed by atoms with E-state index in [4.69, 9.17) is 15.9 Å². The predicted octanol–water partition coefficient (Wildman–Crippen LogP) is -0.492. The molecule has 0 aromatic carbocycles. The normalized spacial score (nSPS) is 12.0. The molecule has 0 spiro atoms. The van der Waals surface area contributed by atoms with Gasteiger partial charge in [-0.3, -0.25) is 4.79 Å². The SMILES string of the molecule is CC(C)N(CCCO)C(=O)N[C@@H](CCC(N)=O)C(=O)O. The van der Waals surface area contributed by atoms with E-state index in [-0.39, 0.29) is 25.5 Å². The molecule has 8 nitrogen and oxygen atoms in total. The second-order valence-corrected chi connectivity index (χ2v) is 4.71. The monoisotopic (exact) mass is 289 g/mol. The molecule has 0 radical (unpaired) electrons. The highest BCUT2D eigenvalue weighted by Gasteiger charge is 2.24. The van der Waals surface area contributed by atoms with E-state index >= 15 is 0 Å². The molecule has 1 atom stereocenters. The van der Waals surface area contributed by atoms with Crippen LogP contribution in [0.15, 0.2) is 0 Å². The van der Waals surface area contributed by atoms with Gasteiger partial charge in [0.2, 0.25) is 5.91 Å². The van der Waals surface area contributed by atoms with Gasteiger partial charge in [0.15, 0.2) is 0 Å². The van der Waals surface area contributed by atoms with Crippen molar-refractivity contribution in [2.45, 2.75) is 45.2 Å². The van der Waals surface area contributed by atoms with Crippen LogP contribution < -0.4 is 11.1 Å². The number of amides is 3. The van der Waals surface area contributed by atoms with Gasteiger partial charge in [-0.1, -0.05) is 0 Å². The molecule has 5 N–H and O–H groups in total. The van der Waals surface area contributed by atoms with Gasteiger partial charge in [-0.15, -0.1) is 0 Å². The van der Waals surface area contributed by atoms with Crippen LogP contribution in [0.3, 0.4) is 0 Å². The smallest absolute Gasteiger partial charge is 0.326 e. The molecule has 0 aliphatic rings. The number of carboxylic acid groups (broad SMARTS) is 1. The molecule has 0 saturated carbocycles. The molecule has 0 aromatic rings. The van der Waals surface area contributed by atoms with Crippen LogP contribution in [0.1, 0.15) is 33.1 Å². The number of carboxylic acids is 1. The van der Waals surface area contributed by atoms with E-state index < -0.39 is 23.9 Å². The van der Waals surface area contributed by atoms with Gasteiger partial charge in [-0.05, 0) is 26.7 Å². The number of urea groups is 1. The van der Waals surface area contributed by atoms with E-state index in [1.54, 1.807) is 13.8 Å². The third-order valence-corrected chi connectivity index (χ3v) is 2.72. The number of hydrogen-bond acceptors (Lipinski definition) is 4. The zero-order chi connectivity index (χ0) is 15.7. The number of aliphatic hydroxyl groups excluding tert-OH is 1. The lowest BCUT2D eigenvalue weighted by atomic mass is 10.1. The Morgan fingerprint density at radius 1 is 1.30 bits per heavy atom. The molecule has 0 fully saturated rings. The summed E-state index contributed by atoms with van der Waals surface area (Å²) >= 11 is 0. The predicted molar refractivity (Wildman–Crippen MR) is 71.9 cm³/mol. The van der Waals surface area contributed by atoms with Crippen molar-refractivity contribution in [2.24, 2.45) is 5.73 Å². The number of aliphatic carboxylic acids is 1. The van der Waals surface area contributed by atoms with Crippen LogP contribution in [-0.2, 0) is 9.59 Å². The Bertz CT molecular complexity index is 346. The van der Waals surface area contributed by atoms with Crippen molar-refractivity contribution in [1.29, 1.82) is 0 Å². The largest absolute Gasteiger partial charge is 0.480 e. The van der Waals surface area contributed by atoms with Crippen LogP contribution >= 0.6 is 0 Å². The van der Waals surface area contributed by atoms with E-state index in [9.17, 15) is 14.4 Å². The van der Waals surface area contributed by atoms with Crippen LogP contribution in [0.25, 0.3) is 0 Å². The highest BCUT2D eigenvalue weighted by molar-refractivity contribution is 5.83. The van der Waals surface area contributed by atoms with Gasteiger partial charge in [0.1, 0.15) is 6.04 Å². The first-order valence-corrected chi connectivity index (χ1v) is 6.48. The maximum absolute atomic E-state index is 12.0. The van der Waals surface area contributed by atoms with Crippen molar-refractivity contribution in [2.75, 3.05) is 13.2 Å². The molecule has 0 bridgehead atoms. The molecule has 0 aromatic heterocycles. The molecule has 0 aliphatic carbocycles. The van der Waals surface area contributed by atoms with Crippen molar-refractivity contribution in [1.82, 2.24) is 10.2 Å². The quantitative estimate of drug-likeness (QED) is 0.454. The summed E-state index contributed by atoms with van der Waals surface area (Å²) in [5.74, 6) is -1.84. The average molecular weight is 289 g/mol. The zero-order valence-electron chi connectivity index (χ0n) is 11.8. The van der Waals surface area contributed by atoms with Crippen LogP contribution in [0.4, 0.5) is 4.79 Å². The minimum absolute atomic E-state index is 0.0532. The minimum atomic E-state index is -1.22. The first-order chi connectivity index (χ1) is 9.29. The second kappa shape index (κ2) is 9.13. The molecular formula is C12H23N3O5. The first-order valence-electron chi connectivity index (χ1n) is 6.48. The summed E-state index contributed by atoms with van der Waals surface area (Å²) < 4.78 is 0. The van der Waals surface area contributed by atoms with E-state index in [2.05, 4.69) is 5.32 Å². The van der Waals surface area contributed by atoms with Gasteiger partial charge in [-0.2, -0.15) is 0 Å². The number of carbonyl (C=O) groups excluding carboxylic acids is 2. The maximum Gasteiger partial charge on any atom is 0.326 e. The summed E-state index contributed by atoms with van der Waals surface area (Å²) in [5.41, 5.74) is 4.96. The molecule has 0 rings (SSSR count). The van der Waals surface area contributed by atoms with Gasteiger partial charge < -0.3 is 26.2 Å². The lowest BCUT2D eigenvalue weighted by Gasteiger charge is -2.28. The van der Waals surface area contributed by atoms with Gasteiger partial charge in [0.05, 0.1) is 0 Å². The Labute approximate surface area is 117 Å². The Morgan fingerprint density at radius 2 is 1.90 bits per heavy atom. The summed E-state index contributed by atoms with van der Waals surface area (Å²) in [6.45, 7) is 3.84. The number of hydrogen-bond donors (Lipinski definition) is 4. The Kier molecular flexibility index (Phi) is 8.30. The fourth-order valence-corrected chi connectivity index (χ4v) is 1.61. The van der Waals surface area contributed by atoms with Crippen molar-refractivity contribution < 1.29 is 24.6 Å². The number of nitrogens with zero attached hydrogens (tertiary/aromatic N) is 1. The topological polar surface area (TPSA) is 133 Å². The summed E-state index contributed by atoms with van der Waals surface area (Å²) in [5, 5.41) is 20.2. The van der Waals surface area contributed by atoms with Crippen LogP contribution in [0.5, 0.6) is 0 Å². The van der Waals surface area contributed by atoms with Crippen molar-refractivity contribution in [3.63, 3.8) is 0 Å². The average Bonchev–Trinajstić information content (AvgIpc) is 2.33. The Hall–Kier alpha value is -1.83. The molecule has 0 aliphatic heterocycles. The van der Waals surface area contributed by atoms with Crippen LogP contribution in [0, 0.1) is 0 Å². The first kappa shape index (κ1) is 18.2. The molecule has 0 unspecified atom stereocenters. The summed E-state index contributed by atoms with van der Waals surface area (Å²) in [6.07, 6.45) is 0.239. The van der Waals surface area contributed by atoms with Crippen molar-refractivity contribution in [3.05, 3.63) is 0 Å². The van der Waals surface area contributed by atoms with Crippen molar-refractivity contribution in [3.8, 4) is 0 Å². The summed E-state index contributed by atoms with van der Waals surface area (Å²) in [6, 6.07) is -1.83. The number of primary amides is 1. The summed E-state index contributed by atoms with van der Waals surface area (Å²) in [4.78, 5) is 35.1. The van der Waals surface area contributed by atoms with E-state index in [0.717, 1.165) is 0 Å². The molecule has 0 saturated heterocycles. The number of nitrogens with one attached hydrogen (secondary N) is 1. The molecule has 116 valence electrons. The lowest BCUT2D eigenvalue weighted by Crippen LogP contribution is -2.50. The number of rotatable bonds is 9. The molecule has 20 heavy (non-hydrogen) atoms. The van der Waals surface area contributed by atoms with E-state index in [1.807, 2.05) is 0 Å². The lowest BCUT2D eigenvalue weighted by molar-refractivity contribution is -0.139. The standard InChI is InChI=1S/C12H23N3O5/c1-8(2)15(6-3-7-16)12(20)14-9(11(18)19)4-5-10(13)17/h8-9,16H,3-7H2,1-2H3,(H2,13,17)(H,14,20)(H,18,19)/t9-/m0/s1. The van der Waals surface area contributed by atoms with Gasteiger partial charge >= 0.3 is 12.0 Å². The minimum Gasteiger partial charge on any atom is -0.480 e. The van der Waals surface area contributed by atoms with Gasteiger partial charge in [0, 0.05) is 25.6 Å². The summed E-state index contributed by atoms with van der Waals surface area (Å²) in [7, 11) is 0. The number of aliphatic hydroxyl groups is 1. The molecular weight excluding hydrogens is 266 g/mol. The van der Waals surface area contributed by atoms with Gasteiger partial charge in [0.25, 0.3) is 0 Å². The fourth-order valence-electron chi connectivity index (χ4n) is 1.61. The number of carbonyl (C=O) groups is 3. The molecule has 3 amide bonds. The van der Waals surface area contributed by atoms with E-state index in [1.165, 1.54) is 4.90 Å². The molecule has 0 heterocycles. The van der Waals surface area contributed by atoms with Crippen LogP contribution in [-0.4, -0.2) is 58.3 Å². The molecule has 8 heteroatoms.